The van der Waals surface area contributed by atoms with Crippen LogP contribution in [0.5, 0.6) is 0 Å². The van der Waals surface area contributed by atoms with Crippen molar-refractivity contribution < 1.29 is 24.2 Å². The Hall–Kier alpha value is -1.59. The molecule has 1 aliphatic heterocycles. The number of ketones is 1. The van der Waals surface area contributed by atoms with Crippen molar-refractivity contribution in [1.82, 2.24) is 4.90 Å². The first kappa shape index (κ1) is 12.5. The first-order valence-electron chi connectivity index (χ1n) is 4.93. The highest BCUT2D eigenvalue weighted by atomic mass is 16.6. The number of Topliss-reactive ketones (excluding diaryl/α,β-unsaturated/α-hetero) is 1. The number of carboxylic acids is 1. The zero-order valence-corrected chi connectivity index (χ0v) is 9.48. The third-order valence-corrected chi connectivity index (χ3v) is 2.04. The average molecular weight is 228 g/mol. The number of ether oxygens (including phenoxy) is 1. The van der Waals surface area contributed by atoms with Crippen molar-refractivity contribution >= 4 is 17.8 Å². The molecule has 0 spiro atoms. The topological polar surface area (TPSA) is 86.7 Å². The standard InChI is InChI=1S/C10H15NO5/c1-10(2,3)16-9(15)11-5-6(12)4-7(11)8(13)14/h7H,4-5H2,1-3H3,(H,13,14)/p-1/t7-/m0/s1. The minimum atomic E-state index is -1.43. The van der Waals surface area contributed by atoms with E-state index in [-0.39, 0.29) is 18.7 Å². The number of aliphatic carboxylic acids is 1. The van der Waals surface area contributed by atoms with Gasteiger partial charge in [-0.25, -0.2) is 4.79 Å². The number of carbonyl (C=O) groups excluding carboxylic acids is 3. The Labute approximate surface area is 93.2 Å². The SMILES string of the molecule is CC(C)(C)OC(=O)N1CC(=O)C[C@H]1C(=O)[O-]. The Kier molecular flexibility index (Phi) is 3.21. The number of likely N-dealkylation sites (tertiary alicyclic amines) is 1. The quantitative estimate of drug-likeness (QED) is 0.593. The van der Waals surface area contributed by atoms with Gasteiger partial charge >= 0.3 is 6.09 Å². The number of rotatable bonds is 1. The van der Waals surface area contributed by atoms with E-state index >= 15 is 0 Å². The van der Waals surface area contributed by atoms with Gasteiger partial charge in [0.15, 0.2) is 5.78 Å². The minimum absolute atomic E-state index is 0.207. The third-order valence-electron chi connectivity index (χ3n) is 2.04. The monoisotopic (exact) mass is 228 g/mol. The highest BCUT2D eigenvalue weighted by Crippen LogP contribution is 2.18. The fraction of sp³-hybridized carbons (Fsp3) is 0.700. The molecule has 0 aromatic carbocycles. The lowest BCUT2D eigenvalue weighted by Gasteiger charge is -2.28. The molecule has 0 N–H and O–H groups in total. The maximum absolute atomic E-state index is 11.6. The molecule has 0 saturated carbocycles. The van der Waals surface area contributed by atoms with Crippen molar-refractivity contribution in [3.63, 3.8) is 0 Å². The van der Waals surface area contributed by atoms with Crippen LogP contribution in [0.3, 0.4) is 0 Å². The predicted octanol–water partition coefficient (Wildman–Crippen LogP) is -0.685. The summed E-state index contributed by atoms with van der Waals surface area (Å²) in [5, 5.41) is 10.7. The molecular formula is C10H14NO5-. The summed E-state index contributed by atoms with van der Waals surface area (Å²) in [5.41, 5.74) is -0.723. The third kappa shape index (κ3) is 2.95. The second-order valence-electron chi connectivity index (χ2n) is 4.69. The normalized spacial score (nSPS) is 21.1. The molecule has 90 valence electrons. The molecule has 6 heteroatoms. The maximum Gasteiger partial charge on any atom is 0.411 e. The first-order valence-corrected chi connectivity index (χ1v) is 4.93. The lowest BCUT2D eigenvalue weighted by Crippen LogP contribution is -2.48. The van der Waals surface area contributed by atoms with Gasteiger partial charge in [-0.1, -0.05) is 0 Å². The summed E-state index contributed by atoms with van der Waals surface area (Å²) in [4.78, 5) is 34.3. The maximum atomic E-state index is 11.6. The van der Waals surface area contributed by atoms with Gasteiger partial charge in [0, 0.05) is 6.42 Å². The smallest absolute Gasteiger partial charge is 0.411 e. The summed E-state index contributed by atoms with van der Waals surface area (Å²) in [6, 6.07) is -1.21. The molecule has 0 aliphatic carbocycles. The van der Waals surface area contributed by atoms with Gasteiger partial charge in [0.25, 0.3) is 0 Å². The van der Waals surface area contributed by atoms with E-state index in [9.17, 15) is 19.5 Å². The van der Waals surface area contributed by atoms with Crippen LogP contribution in [-0.4, -0.2) is 40.9 Å². The highest BCUT2D eigenvalue weighted by molar-refractivity contribution is 5.94. The molecule has 1 aliphatic rings. The lowest BCUT2D eigenvalue weighted by atomic mass is 10.2. The minimum Gasteiger partial charge on any atom is -0.548 e. The van der Waals surface area contributed by atoms with Gasteiger partial charge in [0.1, 0.15) is 5.60 Å². The van der Waals surface area contributed by atoms with Crippen LogP contribution in [0.4, 0.5) is 4.79 Å². The summed E-state index contributed by atoms with van der Waals surface area (Å²) in [5.74, 6) is -1.74. The number of hydrogen-bond acceptors (Lipinski definition) is 5. The van der Waals surface area contributed by atoms with Gasteiger partial charge in [-0.3, -0.25) is 9.69 Å². The summed E-state index contributed by atoms with van der Waals surface area (Å²) < 4.78 is 4.99. The van der Waals surface area contributed by atoms with Crippen LogP contribution >= 0.6 is 0 Å². The Bertz CT molecular complexity index is 331. The van der Waals surface area contributed by atoms with Gasteiger partial charge in [0.2, 0.25) is 0 Å². The van der Waals surface area contributed by atoms with E-state index in [2.05, 4.69) is 0 Å². The molecule has 1 fully saturated rings. The van der Waals surface area contributed by atoms with Crippen LogP contribution in [0.2, 0.25) is 0 Å². The van der Waals surface area contributed by atoms with E-state index in [1.54, 1.807) is 20.8 Å². The van der Waals surface area contributed by atoms with Crippen LogP contribution in [0.1, 0.15) is 27.2 Å². The van der Waals surface area contributed by atoms with E-state index in [0.29, 0.717) is 0 Å². The van der Waals surface area contributed by atoms with E-state index < -0.39 is 23.7 Å². The molecule has 1 heterocycles. The van der Waals surface area contributed by atoms with Gasteiger partial charge < -0.3 is 14.6 Å². The zero-order chi connectivity index (χ0) is 12.5. The fourth-order valence-electron chi connectivity index (χ4n) is 1.41. The molecule has 1 saturated heterocycles. The summed E-state index contributed by atoms with van der Waals surface area (Å²) in [6.07, 6.45) is -1.01. The van der Waals surface area contributed by atoms with Crippen LogP contribution in [0.15, 0.2) is 0 Å². The number of amides is 1. The number of nitrogens with zero attached hydrogens (tertiary/aromatic N) is 1. The van der Waals surface area contributed by atoms with Crippen molar-refractivity contribution in [3.05, 3.63) is 0 Å². The second kappa shape index (κ2) is 4.11. The van der Waals surface area contributed by atoms with Crippen LogP contribution in [0.25, 0.3) is 0 Å². The molecule has 0 aromatic rings. The highest BCUT2D eigenvalue weighted by Gasteiger charge is 2.37. The molecule has 0 aromatic heterocycles. The second-order valence-corrected chi connectivity index (χ2v) is 4.69. The predicted molar refractivity (Wildman–Crippen MR) is 51.4 cm³/mol. The summed E-state index contributed by atoms with van der Waals surface area (Å²) in [7, 11) is 0. The largest absolute Gasteiger partial charge is 0.548 e. The van der Waals surface area contributed by atoms with Crippen LogP contribution in [0, 0.1) is 0 Å². The lowest BCUT2D eigenvalue weighted by molar-refractivity contribution is -0.310. The molecule has 0 unspecified atom stereocenters. The van der Waals surface area contributed by atoms with Crippen LogP contribution < -0.4 is 5.11 Å². The van der Waals surface area contributed by atoms with E-state index in [1.807, 2.05) is 0 Å². The number of hydrogen-bond donors (Lipinski definition) is 0. The van der Waals surface area contributed by atoms with Crippen molar-refractivity contribution in [1.29, 1.82) is 0 Å². The number of carbonyl (C=O) groups is 3. The van der Waals surface area contributed by atoms with Gasteiger partial charge in [-0.2, -0.15) is 0 Å². The van der Waals surface area contributed by atoms with E-state index in [1.165, 1.54) is 0 Å². The summed E-state index contributed by atoms with van der Waals surface area (Å²) >= 11 is 0. The Morgan fingerprint density at radius 1 is 1.44 bits per heavy atom. The number of carboxylic acid groups (broad SMARTS) is 1. The summed E-state index contributed by atoms with van der Waals surface area (Å²) in [6.45, 7) is 4.76. The van der Waals surface area contributed by atoms with Crippen molar-refractivity contribution in [2.45, 2.75) is 38.8 Å². The fourth-order valence-corrected chi connectivity index (χ4v) is 1.41. The Morgan fingerprint density at radius 3 is 2.44 bits per heavy atom. The molecule has 16 heavy (non-hydrogen) atoms. The van der Waals surface area contributed by atoms with Gasteiger partial charge in [0.05, 0.1) is 18.6 Å². The van der Waals surface area contributed by atoms with Gasteiger partial charge in [-0.05, 0) is 20.8 Å². The van der Waals surface area contributed by atoms with E-state index in [4.69, 9.17) is 4.74 Å². The molecule has 1 atom stereocenters. The molecule has 6 nitrogen and oxygen atoms in total. The molecule has 1 amide bonds. The Balaban J connectivity index is 2.75. The van der Waals surface area contributed by atoms with E-state index in [0.717, 1.165) is 4.90 Å². The van der Waals surface area contributed by atoms with Crippen molar-refractivity contribution in [3.8, 4) is 0 Å². The van der Waals surface area contributed by atoms with Gasteiger partial charge in [-0.15, -0.1) is 0 Å². The molecule has 1 rings (SSSR count). The van der Waals surface area contributed by atoms with Crippen molar-refractivity contribution in [2.75, 3.05) is 6.54 Å². The molecular weight excluding hydrogens is 214 g/mol. The molecule has 0 bridgehead atoms. The zero-order valence-electron chi connectivity index (χ0n) is 9.48. The average Bonchev–Trinajstić information content (AvgIpc) is 2.44. The first-order chi connectivity index (χ1) is 7.20. The molecule has 0 radical (unpaired) electrons. The van der Waals surface area contributed by atoms with Crippen molar-refractivity contribution in [2.24, 2.45) is 0 Å². The van der Waals surface area contributed by atoms with Crippen LogP contribution in [-0.2, 0) is 14.3 Å². The Morgan fingerprint density at radius 2 is 2.00 bits per heavy atom.